The fraction of sp³-hybridized carbons (Fsp3) is 0.375. The van der Waals surface area contributed by atoms with Crippen LogP contribution in [0.15, 0.2) is 36.4 Å². The van der Waals surface area contributed by atoms with Crippen LogP contribution in [-0.2, 0) is 4.79 Å². The third kappa shape index (κ3) is 3.64. The molecule has 0 aromatic heterocycles. The molecule has 170 valence electrons. The number of carbonyl (C=O) groups is 2. The smallest absolute Gasteiger partial charge is 0.254 e. The highest BCUT2D eigenvalue weighted by molar-refractivity contribution is 5.95. The van der Waals surface area contributed by atoms with Crippen molar-refractivity contribution < 1.29 is 22.8 Å². The van der Waals surface area contributed by atoms with Gasteiger partial charge in [-0.15, -0.1) is 0 Å². The molecule has 9 heteroatoms. The highest BCUT2D eigenvalue weighted by atomic mass is 19.1. The van der Waals surface area contributed by atoms with E-state index in [9.17, 15) is 22.8 Å². The Balaban J connectivity index is 1.32. The molecule has 0 bridgehead atoms. The van der Waals surface area contributed by atoms with Crippen molar-refractivity contribution in [2.45, 2.75) is 25.3 Å². The minimum atomic E-state index is -0.673. The van der Waals surface area contributed by atoms with E-state index >= 15 is 0 Å². The molecule has 3 aliphatic rings. The van der Waals surface area contributed by atoms with Gasteiger partial charge in [0, 0.05) is 37.8 Å². The molecule has 2 amide bonds. The van der Waals surface area contributed by atoms with Gasteiger partial charge in [0.05, 0.1) is 23.1 Å². The van der Waals surface area contributed by atoms with Gasteiger partial charge in [-0.1, -0.05) is 0 Å². The average Bonchev–Trinajstić information content (AvgIpc) is 3.31. The third-order valence-electron chi connectivity index (χ3n) is 6.96. The number of amides is 2. The molecule has 0 aliphatic carbocycles. The second-order valence-corrected chi connectivity index (χ2v) is 8.96. The molecule has 2 aromatic carbocycles. The maximum atomic E-state index is 13.8. The van der Waals surface area contributed by atoms with Crippen molar-refractivity contribution >= 4 is 11.8 Å². The number of halogens is 3. The van der Waals surface area contributed by atoms with Crippen LogP contribution >= 0.6 is 0 Å². The Morgan fingerprint density at radius 2 is 1.64 bits per heavy atom. The highest BCUT2D eigenvalue weighted by Crippen LogP contribution is 2.47. The number of hydrogen-bond donors (Lipinski definition) is 0. The standard InChI is InChI=1S/C24H21F3N4O2/c25-18-8-15(13-28)7-17(11-18)22(32)29-5-2-24(3-6-29)14-30-4-1-21(31(30)23(24)33)16-9-19(26)12-20(27)10-16/h7-12,21H,1-6,14H2/t21-/m0/s1. The predicted octanol–water partition coefficient (Wildman–Crippen LogP) is 3.40. The van der Waals surface area contributed by atoms with Crippen LogP contribution in [0.25, 0.3) is 0 Å². The molecule has 0 unspecified atom stereocenters. The number of likely N-dealkylation sites (tertiary alicyclic amines) is 1. The number of nitriles is 1. The highest BCUT2D eigenvalue weighted by Gasteiger charge is 2.56. The first-order valence-electron chi connectivity index (χ1n) is 10.8. The summed E-state index contributed by atoms with van der Waals surface area (Å²) < 4.78 is 41.3. The van der Waals surface area contributed by atoms with Crippen LogP contribution in [0.2, 0.25) is 0 Å². The molecular weight excluding hydrogens is 433 g/mol. The first kappa shape index (κ1) is 21.5. The van der Waals surface area contributed by atoms with Gasteiger partial charge in [-0.3, -0.25) is 14.6 Å². The SMILES string of the molecule is N#Cc1cc(F)cc(C(=O)N2CCC3(CC2)CN2CC[C@@H](c4cc(F)cc(F)c4)N2C3=O)c1. The van der Waals surface area contributed by atoms with Gasteiger partial charge in [0.15, 0.2) is 0 Å². The van der Waals surface area contributed by atoms with E-state index < -0.39 is 28.9 Å². The van der Waals surface area contributed by atoms with Gasteiger partial charge in [0.2, 0.25) is 5.91 Å². The minimum Gasteiger partial charge on any atom is -0.339 e. The van der Waals surface area contributed by atoms with E-state index in [-0.39, 0.29) is 22.9 Å². The lowest BCUT2D eigenvalue weighted by molar-refractivity contribution is -0.144. The number of piperidine rings is 1. The molecule has 1 atom stereocenters. The topological polar surface area (TPSA) is 67.7 Å². The van der Waals surface area contributed by atoms with Gasteiger partial charge in [0.25, 0.3) is 5.91 Å². The first-order valence-corrected chi connectivity index (χ1v) is 10.8. The van der Waals surface area contributed by atoms with Gasteiger partial charge in [-0.05, 0) is 55.2 Å². The molecule has 1 spiro atoms. The van der Waals surface area contributed by atoms with Crippen LogP contribution in [0.3, 0.4) is 0 Å². The van der Waals surface area contributed by atoms with Crippen molar-refractivity contribution in [1.29, 1.82) is 5.26 Å². The van der Waals surface area contributed by atoms with Crippen LogP contribution in [0.1, 0.15) is 46.8 Å². The van der Waals surface area contributed by atoms with E-state index in [1.807, 2.05) is 11.1 Å². The lowest BCUT2D eigenvalue weighted by Crippen LogP contribution is -2.48. The molecule has 5 rings (SSSR count). The van der Waals surface area contributed by atoms with Crippen molar-refractivity contribution in [2.75, 3.05) is 26.2 Å². The van der Waals surface area contributed by atoms with Crippen molar-refractivity contribution in [2.24, 2.45) is 5.41 Å². The second-order valence-electron chi connectivity index (χ2n) is 8.96. The summed E-state index contributed by atoms with van der Waals surface area (Å²) in [5.41, 5.74) is -0.0440. The van der Waals surface area contributed by atoms with E-state index in [0.717, 1.165) is 18.2 Å². The van der Waals surface area contributed by atoms with Crippen molar-refractivity contribution in [1.82, 2.24) is 14.9 Å². The normalized spacial score (nSPS) is 22.0. The van der Waals surface area contributed by atoms with Crippen molar-refractivity contribution in [3.63, 3.8) is 0 Å². The third-order valence-corrected chi connectivity index (χ3v) is 6.96. The van der Waals surface area contributed by atoms with E-state index in [1.165, 1.54) is 18.2 Å². The van der Waals surface area contributed by atoms with E-state index in [1.54, 1.807) is 9.91 Å². The van der Waals surface area contributed by atoms with Gasteiger partial charge < -0.3 is 4.90 Å². The number of benzene rings is 2. The van der Waals surface area contributed by atoms with E-state index in [2.05, 4.69) is 0 Å². The number of nitrogens with zero attached hydrogens (tertiary/aromatic N) is 4. The van der Waals surface area contributed by atoms with Gasteiger partial charge in [-0.2, -0.15) is 5.26 Å². The molecule has 0 N–H and O–H groups in total. The molecule has 6 nitrogen and oxygen atoms in total. The second kappa shape index (κ2) is 7.89. The van der Waals surface area contributed by atoms with Gasteiger partial charge >= 0.3 is 0 Å². The molecule has 2 aromatic rings. The quantitative estimate of drug-likeness (QED) is 0.698. The zero-order chi connectivity index (χ0) is 23.3. The van der Waals surface area contributed by atoms with Crippen LogP contribution in [0.4, 0.5) is 13.2 Å². The number of fused-ring (bicyclic) bond motifs is 1. The Bertz CT molecular complexity index is 1170. The van der Waals surface area contributed by atoms with Gasteiger partial charge in [0.1, 0.15) is 17.5 Å². The molecule has 0 saturated carbocycles. The lowest BCUT2D eigenvalue weighted by Gasteiger charge is -2.38. The Labute approximate surface area is 188 Å². The monoisotopic (exact) mass is 454 g/mol. The van der Waals surface area contributed by atoms with Crippen LogP contribution in [-0.4, -0.2) is 52.9 Å². The van der Waals surface area contributed by atoms with Crippen LogP contribution in [0.5, 0.6) is 0 Å². The summed E-state index contributed by atoms with van der Waals surface area (Å²) in [4.78, 5) is 28.0. The number of carbonyl (C=O) groups excluding carboxylic acids is 2. The number of rotatable bonds is 2. The molecule has 3 saturated heterocycles. The maximum Gasteiger partial charge on any atom is 0.254 e. The maximum absolute atomic E-state index is 13.8. The number of hydrogen-bond acceptors (Lipinski definition) is 4. The van der Waals surface area contributed by atoms with E-state index in [0.29, 0.717) is 51.0 Å². The molecule has 3 aliphatic heterocycles. The zero-order valence-corrected chi connectivity index (χ0v) is 17.7. The summed E-state index contributed by atoms with van der Waals surface area (Å²) >= 11 is 0. The Morgan fingerprint density at radius 3 is 2.30 bits per heavy atom. The molecule has 0 radical (unpaired) electrons. The Kier molecular flexibility index (Phi) is 5.13. The summed E-state index contributed by atoms with van der Waals surface area (Å²) in [5.74, 6) is -2.45. The Hall–Kier alpha value is -3.38. The summed E-state index contributed by atoms with van der Waals surface area (Å²) in [6, 6.07) is 8.32. The van der Waals surface area contributed by atoms with Gasteiger partial charge in [-0.25, -0.2) is 18.2 Å². The van der Waals surface area contributed by atoms with Crippen molar-refractivity contribution in [3.8, 4) is 6.07 Å². The molecule has 3 fully saturated rings. The molecular formula is C24H21F3N4O2. The molecule has 3 heterocycles. The summed E-state index contributed by atoms with van der Waals surface area (Å²) in [6.07, 6.45) is 1.47. The largest absolute Gasteiger partial charge is 0.339 e. The average molecular weight is 454 g/mol. The van der Waals surface area contributed by atoms with Crippen molar-refractivity contribution in [3.05, 3.63) is 70.5 Å². The summed E-state index contributed by atoms with van der Waals surface area (Å²) in [6.45, 7) is 1.76. The zero-order valence-electron chi connectivity index (χ0n) is 17.7. The summed E-state index contributed by atoms with van der Waals surface area (Å²) in [7, 11) is 0. The number of hydrazine groups is 1. The fourth-order valence-corrected chi connectivity index (χ4v) is 5.33. The lowest BCUT2D eigenvalue weighted by atomic mass is 9.77. The van der Waals surface area contributed by atoms with E-state index in [4.69, 9.17) is 5.26 Å². The fourth-order valence-electron chi connectivity index (χ4n) is 5.33. The van der Waals surface area contributed by atoms with Crippen LogP contribution in [0, 0.1) is 34.2 Å². The molecule has 33 heavy (non-hydrogen) atoms. The first-order chi connectivity index (χ1) is 15.8. The minimum absolute atomic E-state index is 0.0750. The predicted molar refractivity (Wildman–Crippen MR) is 111 cm³/mol. The van der Waals surface area contributed by atoms with Crippen LogP contribution < -0.4 is 0 Å². The summed E-state index contributed by atoms with van der Waals surface area (Å²) in [5, 5.41) is 12.6. The Morgan fingerprint density at radius 1 is 0.970 bits per heavy atom.